The molecular formula is C78H166N4O46P8+2. The summed E-state index contributed by atoms with van der Waals surface area (Å²) in [7, 11) is -15.7. The number of nitriles is 4. The first-order valence-corrected chi connectivity index (χ1v) is 58.1. The van der Waals surface area contributed by atoms with E-state index < -0.39 is 98.0 Å². The molecule has 0 heterocycles. The Morgan fingerprint density at radius 2 is 0.434 bits per heavy atom. The molecular weight excluding hydrogens is 1980 g/mol. The largest absolute Gasteiger partial charge is 0.510 e. The van der Waals surface area contributed by atoms with Gasteiger partial charge in [-0.15, -0.1) is 9.05 Å². The van der Waals surface area contributed by atoms with Gasteiger partial charge in [0.1, 0.15) is 36.6 Å². The van der Waals surface area contributed by atoms with Crippen molar-refractivity contribution in [3.8, 4) is 24.3 Å². The summed E-state index contributed by atoms with van der Waals surface area (Å²) < 4.78 is 236. The molecule has 0 fully saturated rings. The van der Waals surface area contributed by atoms with E-state index >= 15 is 0 Å². The van der Waals surface area contributed by atoms with Gasteiger partial charge in [0, 0.05) is 81.5 Å². The van der Waals surface area contributed by atoms with E-state index in [0.717, 1.165) is 0 Å². The Morgan fingerprint density at radius 1 is 0.257 bits per heavy atom. The lowest BCUT2D eigenvalue weighted by Gasteiger charge is -2.19. The molecule has 0 aliphatic carbocycles. The van der Waals surface area contributed by atoms with Crippen LogP contribution in [0.2, 0.25) is 0 Å². The highest BCUT2D eigenvalue weighted by atomic mass is 31.2. The molecule has 136 heavy (non-hydrogen) atoms. The summed E-state index contributed by atoms with van der Waals surface area (Å²) in [5.74, 6) is 0. The topological polar surface area (TPSA) is 692 Å². The predicted molar refractivity (Wildman–Crippen MR) is 502 cm³/mol. The molecule has 0 aliphatic rings. The van der Waals surface area contributed by atoms with Crippen LogP contribution in [-0.2, 0) is 168 Å². The van der Waals surface area contributed by atoms with Gasteiger partial charge in [-0.3, -0.25) is 27.4 Å². The molecule has 812 valence electrons. The molecule has 0 rings (SSSR count). The molecule has 0 spiro atoms. The Bertz CT molecular complexity index is 2870. The fraction of sp³-hybridized carbons (Fsp3) is 0.949. The molecule has 0 aliphatic heterocycles. The fourth-order valence-electron chi connectivity index (χ4n) is 8.26. The van der Waals surface area contributed by atoms with Crippen LogP contribution in [0, 0.1) is 45.3 Å². The van der Waals surface area contributed by atoms with Crippen LogP contribution in [0.25, 0.3) is 0 Å². The average Bonchev–Trinajstić information content (AvgIpc) is 0.926. The van der Waals surface area contributed by atoms with E-state index in [9.17, 15) is 36.5 Å². The van der Waals surface area contributed by atoms with Gasteiger partial charge >= 0.3 is 46.4 Å². The van der Waals surface area contributed by atoms with Gasteiger partial charge in [0.15, 0.2) is 0 Å². The van der Waals surface area contributed by atoms with E-state index in [-0.39, 0.29) is 90.5 Å². The third-order valence-electron chi connectivity index (χ3n) is 14.5. The van der Waals surface area contributed by atoms with Crippen molar-refractivity contribution in [3.05, 3.63) is 0 Å². The second-order valence-electron chi connectivity index (χ2n) is 26.9. The SMILES string of the molecule is CCO.CCO.CCO[P+](=O)CCOCC(COCCOC)OCCP(C)(=O)OCC.CCO[P+](=O)CCOCC(COCCOC)OCCP(C)(=O)OCC.COCCOCC(COCCC#N)OCCC#N.COCCOCC(COCCC#N)OCCC#N.COCCOCC(COCCP(=O)(O)O)OCCP(=O)(O)O.COCCOCC(COCCP(=O)(O)O)OCCP(=O)(O)O. The van der Waals surface area contributed by atoms with Crippen molar-refractivity contribution in [2.24, 2.45) is 0 Å². The Morgan fingerprint density at radius 3 is 0.625 bits per heavy atom. The fourth-order valence-corrected chi connectivity index (χ4v) is 13.3. The first-order valence-electron chi connectivity index (χ1n) is 43.7. The van der Waals surface area contributed by atoms with Crippen LogP contribution in [-0.4, -0.2) is 469 Å². The monoisotopic (exact) mass is 2140 g/mol. The summed E-state index contributed by atoms with van der Waals surface area (Å²) >= 11 is 0. The number of methoxy groups -OCH3 is 6. The molecule has 50 nitrogen and oxygen atoms in total. The first kappa shape index (κ1) is 149. The predicted octanol–water partition coefficient (Wildman–Crippen LogP) is 6.12. The van der Waals surface area contributed by atoms with E-state index in [0.29, 0.717) is 262 Å². The highest BCUT2D eigenvalue weighted by Crippen LogP contribution is 2.43. The number of hydrogen-bond acceptors (Lipinski definition) is 42. The van der Waals surface area contributed by atoms with Crippen molar-refractivity contribution in [1.29, 1.82) is 21.0 Å². The third kappa shape index (κ3) is 138. The van der Waals surface area contributed by atoms with E-state index in [1.807, 2.05) is 38.1 Å². The molecule has 0 aromatic rings. The quantitative estimate of drug-likeness (QED) is 0.0242. The maximum absolute atomic E-state index is 12.1. The Labute approximate surface area is 807 Å². The van der Waals surface area contributed by atoms with Gasteiger partial charge in [0.05, 0.1) is 339 Å². The highest BCUT2D eigenvalue weighted by Gasteiger charge is 2.25. The van der Waals surface area contributed by atoms with Crippen molar-refractivity contribution < 1.29 is 218 Å². The smallest absolute Gasteiger partial charge is 0.397 e. The molecule has 0 saturated carbocycles. The van der Waals surface area contributed by atoms with Crippen molar-refractivity contribution in [3.63, 3.8) is 0 Å². The number of aliphatic hydroxyl groups excluding tert-OH is 2. The zero-order chi connectivity index (χ0) is 104. The van der Waals surface area contributed by atoms with Gasteiger partial charge in [-0.25, -0.2) is 0 Å². The zero-order valence-electron chi connectivity index (χ0n) is 82.2. The molecule has 58 heteroatoms. The lowest BCUT2D eigenvalue weighted by atomic mass is 10.4. The van der Waals surface area contributed by atoms with Gasteiger partial charge < -0.3 is 172 Å². The second-order valence-corrected chi connectivity index (χ2v) is 42.2. The summed E-state index contributed by atoms with van der Waals surface area (Å²) in [6, 6.07) is 8.01. The summed E-state index contributed by atoms with van der Waals surface area (Å²) in [6.07, 6.45) is -1.14. The van der Waals surface area contributed by atoms with Gasteiger partial charge in [-0.05, 0) is 50.7 Å². The lowest BCUT2D eigenvalue weighted by Crippen LogP contribution is -2.28. The summed E-state index contributed by atoms with van der Waals surface area (Å²) in [5.41, 5.74) is 0. The number of nitrogens with zero attached hydrogens (tertiary/aromatic N) is 4. The summed E-state index contributed by atoms with van der Waals surface area (Å²) in [6.45, 7) is 26.3. The van der Waals surface area contributed by atoms with Crippen LogP contribution < -0.4 is 0 Å². The number of aliphatic hydroxyl groups is 2. The van der Waals surface area contributed by atoms with Crippen molar-refractivity contribution >= 4 is 61.2 Å². The van der Waals surface area contributed by atoms with E-state index in [1.165, 1.54) is 14.2 Å². The van der Waals surface area contributed by atoms with E-state index in [2.05, 4.69) is 0 Å². The molecule has 0 aromatic carbocycles. The normalized spacial score (nSPS) is 13.8. The zero-order valence-corrected chi connectivity index (χ0v) is 89.3. The van der Waals surface area contributed by atoms with Gasteiger partial charge in [0.25, 0.3) is 0 Å². The van der Waals surface area contributed by atoms with Crippen LogP contribution in [0.5, 0.6) is 0 Å². The van der Waals surface area contributed by atoms with E-state index in [1.54, 1.807) is 69.5 Å². The first-order chi connectivity index (χ1) is 64.7. The average molecular weight is 2140 g/mol. The Balaban J connectivity index is -0.000000239. The maximum Gasteiger partial charge on any atom is 0.510 e. The van der Waals surface area contributed by atoms with Gasteiger partial charge in [-0.1, -0.05) is 0 Å². The molecule has 10 atom stereocenters. The minimum Gasteiger partial charge on any atom is -0.397 e. The van der Waals surface area contributed by atoms with Crippen molar-refractivity contribution in [2.45, 2.75) is 104 Å². The molecule has 0 amide bonds. The number of ether oxygens (including phenoxy) is 24. The van der Waals surface area contributed by atoms with Crippen LogP contribution in [0.15, 0.2) is 0 Å². The third-order valence-corrected chi connectivity index (χ3v) is 23.3. The molecule has 0 saturated heterocycles. The van der Waals surface area contributed by atoms with Crippen molar-refractivity contribution in [2.75, 3.05) is 383 Å². The van der Waals surface area contributed by atoms with Gasteiger partial charge in [0.2, 0.25) is 27.1 Å². The van der Waals surface area contributed by atoms with Crippen LogP contribution in [0.1, 0.15) is 67.2 Å². The lowest BCUT2D eigenvalue weighted by molar-refractivity contribution is -0.0631. The second kappa shape index (κ2) is 112. The Hall–Kier alpha value is -1.98. The number of hydrogen-bond donors (Lipinski definition) is 10. The molecule has 10 N–H and O–H groups in total. The summed E-state index contributed by atoms with van der Waals surface area (Å²) in [5, 5.41) is 48.7. The maximum atomic E-state index is 12.1. The molecule has 0 bridgehead atoms. The minimum atomic E-state index is -4.14. The molecule has 0 aromatic heterocycles. The minimum absolute atomic E-state index is 0.00581. The Kier molecular flexibility index (Phi) is 123. The van der Waals surface area contributed by atoms with Crippen LogP contribution >= 0.6 is 61.2 Å². The number of rotatable bonds is 88. The van der Waals surface area contributed by atoms with E-state index in [4.69, 9.17) is 202 Å². The molecule has 0 radical (unpaired) electrons. The highest BCUT2D eigenvalue weighted by molar-refractivity contribution is 7.58. The molecule has 10 unspecified atom stereocenters. The van der Waals surface area contributed by atoms with Crippen molar-refractivity contribution in [1.82, 2.24) is 0 Å². The van der Waals surface area contributed by atoms with Crippen LogP contribution in [0.3, 0.4) is 0 Å². The van der Waals surface area contributed by atoms with Gasteiger partial charge in [-0.2, -0.15) is 21.0 Å². The standard InChI is InChI=1S/2C15H33O8P2.2C12H20N2O4.2C10H24O10P2.2C2H6O/c2*1-5-22-24(16)11-9-20-14-15(13-19-8-7-18-3)21-10-12-25(4,17)23-6-2;2*1-15-8-9-17-11-12(18-7-3-5-14)10-16-6-2-4-13;2*1-17-2-3-18-8-10(20-5-7-22(14,15)16)9-19-4-6-21(11,12)13;2*1-2-3/h2*15H,5-14H2,1-4H3;2*12H,2-3,6-11H2,1H3;2*10H,2-9H2,1H3,(H2,11,12,13)(H2,14,15,16);2*3H,2H2,1H3/q2*+1;;;;;;. The summed E-state index contributed by atoms with van der Waals surface area (Å²) in [4.78, 5) is 69.7. The van der Waals surface area contributed by atoms with Crippen LogP contribution in [0.4, 0.5) is 0 Å².